The summed E-state index contributed by atoms with van der Waals surface area (Å²) in [6, 6.07) is 0. The molecular weight excluding hydrogens is 284 g/mol. The van der Waals surface area contributed by atoms with Gasteiger partial charge in [0.25, 0.3) is 0 Å². The number of aliphatic imine (C=N–C) groups is 1. The first-order chi connectivity index (χ1) is 11.1. The summed E-state index contributed by atoms with van der Waals surface area (Å²) in [5.74, 6) is 1.22. The monoisotopic (exact) mass is 314 g/mol. The lowest BCUT2D eigenvalue weighted by molar-refractivity contribution is 0.419. The van der Waals surface area contributed by atoms with Crippen LogP contribution >= 0.6 is 0 Å². The second kappa shape index (κ2) is 10.7. The van der Waals surface area contributed by atoms with E-state index in [0.717, 1.165) is 50.2 Å². The van der Waals surface area contributed by atoms with Gasteiger partial charge >= 0.3 is 0 Å². The number of hydrogen-bond acceptors (Lipinski definition) is 3. The fourth-order valence-electron chi connectivity index (χ4n) is 2.46. The van der Waals surface area contributed by atoms with E-state index in [0.29, 0.717) is 6.42 Å². The van der Waals surface area contributed by atoms with Crippen LogP contribution in [0.15, 0.2) is 64.9 Å². The molecule has 3 heteroatoms. The molecule has 1 rings (SSSR count). The lowest BCUT2D eigenvalue weighted by atomic mass is 9.95. The van der Waals surface area contributed by atoms with E-state index in [1.165, 1.54) is 11.1 Å². The van der Waals surface area contributed by atoms with E-state index in [4.69, 9.17) is 0 Å². The van der Waals surface area contributed by atoms with Crippen molar-refractivity contribution in [3.63, 3.8) is 0 Å². The predicted octanol–water partition coefficient (Wildman–Crippen LogP) is 5.02. The molecule has 0 aliphatic carbocycles. The largest absolute Gasteiger partial charge is 0.508 e. The summed E-state index contributed by atoms with van der Waals surface area (Å²) in [5, 5.41) is 13.3. The third-order valence-corrected chi connectivity index (χ3v) is 3.82. The normalized spacial score (nSPS) is 16.6. The Morgan fingerprint density at radius 3 is 2.74 bits per heavy atom. The van der Waals surface area contributed by atoms with Crippen LogP contribution in [0.25, 0.3) is 0 Å². The minimum Gasteiger partial charge on any atom is -0.508 e. The molecule has 0 saturated heterocycles. The van der Waals surface area contributed by atoms with Crippen molar-refractivity contribution in [2.45, 2.75) is 46.0 Å². The lowest BCUT2D eigenvalue weighted by Gasteiger charge is -2.20. The van der Waals surface area contributed by atoms with Crippen LogP contribution in [0.3, 0.4) is 0 Å². The highest BCUT2D eigenvalue weighted by molar-refractivity contribution is 6.02. The summed E-state index contributed by atoms with van der Waals surface area (Å²) in [4.78, 5) is 4.64. The third kappa shape index (κ3) is 6.31. The van der Waals surface area contributed by atoms with Crippen LogP contribution < -0.4 is 5.32 Å². The number of nitrogens with zero attached hydrogens (tertiary/aromatic N) is 1. The molecule has 0 atom stereocenters. The summed E-state index contributed by atoms with van der Waals surface area (Å²) >= 11 is 0. The predicted molar refractivity (Wildman–Crippen MR) is 101 cm³/mol. The van der Waals surface area contributed by atoms with Crippen LogP contribution in [0.2, 0.25) is 0 Å². The molecule has 0 bridgehead atoms. The highest BCUT2D eigenvalue weighted by Gasteiger charge is 2.14. The van der Waals surface area contributed by atoms with Gasteiger partial charge in [-0.15, -0.1) is 0 Å². The molecule has 1 heterocycles. The molecule has 126 valence electrons. The SMILES string of the molecule is C=C/C=C(/O)C(=C)CCC(=C\C)/C(=C\CCC)C1=NCCCN1. The van der Waals surface area contributed by atoms with Gasteiger partial charge in [-0.25, -0.2) is 0 Å². The number of amidine groups is 1. The van der Waals surface area contributed by atoms with Crippen LogP contribution in [-0.2, 0) is 0 Å². The van der Waals surface area contributed by atoms with Gasteiger partial charge in [-0.05, 0) is 49.8 Å². The van der Waals surface area contributed by atoms with E-state index in [1.54, 1.807) is 12.2 Å². The average Bonchev–Trinajstić information content (AvgIpc) is 2.58. The molecule has 1 aliphatic rings. The quantitative estimate of drug-likeness (QED) is 0.464. The molecular formula is C20H30N2O. The minimum atomic E-state index is 0.211. The van der Waals surface area contributed by atoms with Crippen LogP contribution in [0, 0.1) is 0 Å². The smallest absolute Gasteiger partial charge is 0.128 e. The number of allylic oxidation sites excluding steroid dienone is 5. The van der Waals surface area contributed by atoms with Crippen LogP contribution in [-0.4, -0.2) is 24.0 Å². The molecule has 0 aromatic heterocycles. The second-order valence-electron chi connectivity index (χ2n) is 5.62. The Morgan fingerprint density at radius 1 is 1.39 bits per heavy atom. The van der Waals surface area contributed by atoms with Gasteiger partial charge in [-0.3, -0.25) is 4.99 Å². The topological polar surface area (TPSA) is 44.6 Å². The molecule has 0 amide bonds. The van der Waals surface area contributed by atoms with Crippen molar-refractivity contribution in [1.82, 2.24) is 5.32 Å². The number of aliphatic hydroxyl groups excluding tert-OH is 1. The van der Waals surface area contributed by atoms with Crippen molar-refractivity contribution >= 4 is 5.84 Å². The maximum atomic E-state index is 9.85. The van der Waals surface area contributed by atoms with Gasteiger partial charge in [0.05, 0.1) is 0 Å². The molecule has 0 aromatic rings. The first-order valence-corrected chi connectivity index (χ1v) is 8.48. The fraction of sp³-hybridized carbons (Fsp3) is 0.450. The van der Waals surface area contributed by atoms with Crippen molar-refractivity contribution in [3.8, 4) is 0 Å². The Bertz CT molecular complexity index is 536. The number of nitrogens with one attached hydrogen (secondary N) is 1. The number of hydrogen-bond donors (Lipinski definition) is 2. The number of aliphatic hydroxyl groups is 1. The highest BCUT2D eigenvalue weighted by Crippen LogP contribution is 2.23. The molecule has 0 radical (unpaired) electrons. The van der Waals surface area contributed by atoms with Crippen molar-refractivity contribution < 1.29 is 5.11 Å². The van der Waals surface area contributed by atoms with Crippen LogP contribution in [0.1, 0.15) is 46.0 Å². The van der Waals surface area contributed by atoms with Crippen molar-refractivity contribution in [3.05, 3.63) is 59.9 Å². The Kier molecular flexibility index (Phi) is 8.81. The maximum Gasteiger partial charge on any atom is 0.128 e. The molecule has 1 aliphatic heterocycles. The minimum absolute atomic E-state index is 0.211. The average molecular weight is 314 g/mol. The van der Waals surface area contributed by atoms with Gasteiger partial charge in [0, 0.05) is 18.7 Å². The first kappa shape index (κ1) is 19.0. The molecule has 0 aromatic carbocycles. The highest BCUT2D eigenvalue weighted by atomic mass is 16.3. The van der Waals surface area contributed by atoms with E-state index < -0.39 is 0 Å². The van der Waals surface area contributed by atoms with E-state index in [-0.39, 0.29) is 5.76 Å². The molecule has 23 heavy (non-hydrogen) atoms. The lowest BCUT2D eigenvalue weighted by Crippen LogP contribution is -2.31. The van der Waals surface area contributed by atoms with Crippen molar-refractivity contribution in [2.75, 3.05) is 13.1 Å². The summed E-state index contributed by atoms with van der Waals surface area (Å²) in [5.41, 5.74) is 3.19. The fourth-order valence-corrected chi connectivity index (χ4v) is 2.46. The van der Waals surface area contributed by atoms with Crippen molar-refractivity contribution in [1.29, 1.82) is 0 Å². The number of rotatable bonds is 9. The van der Waals surface area contributed by atoms with Crippen LogP contribution in [0.5, 0.6) is 0 Å². The Balaban J connectivity index is 2.86. The van der Waals surface area contributed by atoms with E-state index in [1.807, 2.05) is 0 Å². The third-order valence-electron chi connectivity index (χ3n) is 3.82. The zero-order chi connectivity index (χ0) is 17.1. The first-order valence-electron chi connectivity index (χ1n) is 8.48. The van der Waals surface area contributed by atoms with Gasteiger partial charge in [0.15, 0.2) is 0 Å². The molecule has 0 unspecified atom stereocenters. The van der Waals surface area contributed by atoms with E-state index in [9.17, 15) is 5.11 Å². The molecule has 2 N–H and O–H groups in total. The van der Waals surface area contributed by atoms with Gasteiger partial charge in [0.1, 0.15) is 11.6 Å². The summed E-state index contributed by atoms with van der Waals surface area (Å²) in [6.07, 6.45) is 12.4. The second-order valence-corrected chi connectivity index (χ2v) is 5.62. The molecule has 0 saturated carbocycles. The van der Waals surface area contributed by atoms with Gasteiger partial charge < -0.3 is 10.4 Å². The van der Waals surface area contributed by atoms with Gasteiger partial charge in [-0.1, -0.05) is 44.7 Å². The molecule has 3 nitrogen and oxygen atoms in total. The maximum absolute atomic E-state index is 9.85. The molecule has 0 spiro atoms. The Hall–Kier alpha value is -2.03. The standard InChI is InChI=1S/C20H30N2O/c1-5-8-11-18(20-21-14-9-15-22-20)17(7-3)13-12-16(4)19(23)10-6-2/h6-7,10-11,23H,2,4-5,8-9,12-15H2,1,3H3,(H,21,22)/b17-7+,18-11+,19-10+. The summed E-state index contributed by atoms with van der Waals surface area (Å²) in [7, 11) is 0. The van der Waals surface area contributed by atoms with E-state index >= 15 is 0 Å². The van der Waals surface area contributed by atoms with Gasteiger partial charge in [-0.2, -0.15) is 0 Å². The Labute approximate surface area is 140 Å². The van der Waals surface area contributed by atoms with Gasteiger partial charge in [0.2, 0.25) is 0 Å². The van der Waals surface area contributed by atoms with E-state index in [2.05, 4.69) is 49.5 Å². The Morgan fingerprint density at radius 2 is 2.17 bits per heavy atom. The molecule has 0 fully saturated rings. The summed E-state index contributed by atoms with van der Waals surface area (Å²) in [6.45, 7) is 13.7. The van der Waals surface area contributed by atoms with Crippen LogP contribution in [0.4, 0.5) is 0 Å². The van der Waals surface area contributed by atoms with Crippen molar-refractivity contribution in [2.24, 2.45) is 4.99 Å². The summed E-state index contributed by atoms with van der Waals surface area (Å²) < 4.78 is 0. The zero-order valence-electron chi connectivity index (χ0n) is 14.6. The zero-order valence-corrected chi connectivity index (χ0v) is 14.6. The number of unbranched alkanes of at least 4 members (excludes halogenated alkanes) is 1.